The highest BCUT2D eigenvalue weighted by Gasteiger charge is 2.43. The summed E-state index contributed by atoms with van der Waals surface area (Å²) in [5.41, 5.74) is 4.83. The number of likely N-dealkylation sites (tertiary alicyclic amines) is 1. The van der Waals surface area contributed by atoms with Gasteiger partial charge >= 0.3 is 0 Å². The van der Waals surface area contributed by atoms with Crippen molar-refractivity contribution in [2.75, 3.05) is 33.3 Å². The Bertz CT molecular complexity index is 1350. The van der Waals surface area contributed by atoms with Crippen molar-refractivity contribution in [3.63, 3.8) is 0 Å². The van der Waals surface area contributed by atoms with Crippen LogP contribution in [0.2, 0.25) is 0 Å². The molecule has 2 aliphatic heterocycles. The van der Waals surface area contributed by atoms with Crippen LogP contribution in [0.4, 0.5) is 0 Å². The number of amides is 2. The van der Waals surface area contributed by atoms with Gasteiger partial charge in [-0.2, -0.15) is 0 Å². The highest BCUT2D eigenvalue weighted by molar-refractivity contribution is 5.88. The van der Waals surface area contributed by atoms with E-state index in [1.165, 1.54) is 34.1 Å². The quantitative estimate of drug-likeness (QED) is 0.449. The molecule has 1 saturated heterocycles. The van der Waals surface area contributed by atoms with Crippen molar-refractivity contribution in [2.24, 2.45) is 5.41 Å². The van der Waals surface area contributed by atoms with Crippen molar-refractivity contribution in [1.82, 2.24) is 14.4 Å². The molecule has 0 atom stereocenters. The summed E-state index contributed by atoms with van der Waals surface area (Å²) in [6, 6.07) is 16.8. The van der Waals surface area contributed by atoms with Gasteiger partial charge in [0.15, 0.2) is 0 Å². The number of hydrogen-bond acceptors (Lipinski definition) is 3. The first-order valence-corrected chi connectivity index (χ1v) is 14.9. The molecule has 0 unspecified atom stereocenters. The minimum absolute atomic E-state index is 0.178. The van der Waals surface area contributed by atoms with E-state index in [-0.39, 0.29) is 17.2 Å². The first-order valence-electron chi connectivity index (χ1n) is 14.9. The first-order chi connectivity index (χ1) is 19.1. The Labute approximate surface area is 231 Å². The van der Waals surface area contributed by atoms with Crippen LogP contribution in [0, 0.1) is 5.41 Å². The Kier molecular flexibility index (Phi) is 7.37. The van der Waals surface area contributed by atoms with E-state index in [2.05, 4.69) is 41.0 Å². The maximum atomic E-state index is 13.8. The number of carbonyl (C=O) groups is 2. The number of nitrogens with zero attached hydrogens (tertiary/aromatic N) is 3. The molecule has 3 aliphatic rings. The van der Waals surface area contributed by atoms with E-state index in [4.69, 9.17) is 4.74 Å². The molecule has 1 aliphatic carbocycles. The van der Waals surface area contributed by atoms with Crippen LogP contribution in [-0.4, -0.2) is 59.5 Å². The minimum atomic E-state index is -0.381. The van der Waals surface area contributed by atoms with Crippen LogP contribution in [-0.2, 0) is 35.4 Å². The van der Waals surface area contributed by atoms with Gasteiger partial charge in [0.2, 0.25) is 11.8 Å². The van der Waals surface area contributed by atoms with Gasteiger partial charge in [-0.25, -0.2) is 0 Å². The zero-order chi connectivity index (χ0) is 26.8. The maximum absolute atomic E-state index is 13.8. The molecule has 206 valence electrons. The molecule has 1 fully saturated rings. The second-order valence-electron chi connectivity index (χ2n) is 11.8. The highest BCUT2D eigenvalue weighted by atomic mass is 16.5. The van der Waals surface area contributed by atoms with Crippen LogP contribution in [0.3, 0.4) is 0 Å². The smallest absolute Gasteiger partial charge is 0.242 e. The minimum Gasteiger partial charge on any atom is -0.491 e. The summed E-state index contributed by atoms with van der Waals surface area (Å²) in [6.07, 6.45) is 9.96. The Balaban J connectivity index is 1.13. The highest BCUT2D eigenvalue weighted by Crippen LogP contribution is 2.39. The zero-order valence-corrected chi connectivity index (χ0v) is 23.3. The third-order valence-corrected chi connectivity index (χ3v) is 9.46. The summed E-state index contributed by atoms with van der Waals surface area (Å²) in [6.45, 7) is 2.77. The average Bonchev–Trinajstić information content (AvgIpc) is 3.55. The molecular formula is C33H41N3O3. The van der Waals surface area contributed by atoms with E-state index in [1.807, 2.05) is 29.0 Å². The lowest BCUT2D eigenvalue weighted by Crippen LogP contribution is -2.51. The SMILES string of the molecule is CN1CCOc2ccccc2CCCCCC2(CCN(C(=O)Cn3c4c(c5ccccc53)CCC4)CC2)C1=O. The van der Waals surface area contributed by atoms with Crippen LogP contribution in [0.25, 0.3) is 10.9 Å². The van der Waals surface area contributed by atoms with Gasteiger partial charge in [-0.05, 0) is 74.6 Å². The molecule has 0 bridgehead atoms. The summed E-state index contributed by atoms with van der Waals surface area (Å²) in [5, 5.41) is 1.31. The molecular weight excluding hydrogens is 486 g/mol. The van der Waals surface area contributed by atoms with Crippen molar-refractivity contribution < 1.29 is 14.3 Å². The van der Waals surface area contributed by atoms with Gasteiger partial charge < -0.3 is 19.1 Å². The standard InChI is InChI=1S/C33H41N3O3/c1-34-22-23-39-30-16-7-4-11-25(30)10-3-2-8-17-33(32(34)38)18-20-35(21-19-33)31(37)24-36-28-14-6-5-12-26(28)27-13-9-15-29(27)36/h4-7,11-12,14,16H,2-3,8-10,13,15,17-24H2,1H3. The van der Waals surface area contributed by atoms with Gasteiger partial charge in [0.1, 0.15) is 18.9 Å². The van der Waals surface area contributed by atoms with Crippen molar-refractivity contribution in [2.45, 2.75) is 70.8 Å². The van der Waals surface area contributed by atoms with E-state index < -0.39 is 0 Å². The topological polar surface area (TPSA) is 54.8 Å². The molecule has 2 aromatic carbocycles. The molecule has 3 aromatic rings. The van der Waals surface area contributed by atoms with Crippen LogP contribution in [0.1, 0.15) is 61.8 Å². The molecule has 1 aromatic heterocycles. The number of hydrogen-bond donors (Lipinski definition) is 0. The molecule has 0 saturated carbocycles. The van der Waals surface area contributed by atoms with Crippen molar-refractivity contribution >= 4 is 22.7 Å². The molecule has 6 rings (SSSR count). The fraction of sp³-hybridized carbons (Fsp3) is 0.515. The molecule has 39 heavy (non-hydrogen) atoms. The van der Waals surface area contributed by atoms with Crippen molar-refractivity contribution in [3.8, 4) is 5.75 Å². The lowest BCUT2D eigenvalue weighted by molar-refractivity contribution is -0.148. The number of para-hydroxylation sites is 2. The second-order valence-corrected chi connectivity index (χ2v) is 11.8. The van der Waals surface area contributed by atoms with E-state index >= 15 is 0 Å². The third kappa shape index (κ3) is 5.06. The molecule has 0 N–H and O–H groups in total. The number of likely N-dealkylation sites (N-methyl/N-ethyl adjacent to an activating group) is 1. The number of carbonyl (C=O) groups excluding carboxylic acids is 2. The van der Waals surface area contributed by atoms with Gasteiger partial charge in [0.25, 0.3) is 0 Å². The maximum Gasteiger partial charge on any atom is 0.242 e. The summed E-state index contributed by atoms with van der Waals surface area (Å²) in [5.74, 6) is 1.34. The summed E-state index contributed by atoms with van der Waals surface area (Å²) in [4.78, 5) is 31.3. The van der Waals surface area contributed by atoms with E-state index in [0.717, 1.165) is 63.5 Å². The molecule has 6 nitrogen and oxygen atoms in total. The zero-order valence-electron chi connectivity index (χ0n) is 23.3. The number of piperidine rings is 1. The van der Waals surface area contributed by atoms with Crippen LogP contribution < -0.4 is 4.74 Å². The van der Waals surface area contributed by atoms with Gasteiger partial charge in [-0.1, -0.05) is 49.2 Å². The molecule has 3 heterocycles. The summed E-state index contributed by atoms with van der Waals surface area (Å²) >= 11 is 0. The predicted molar refractivity (Wildman–Crippen MR) is 154 cm³/mol. The van der Waals surface area contributed by atoms with E-state index in [9.17, 15) is 9.59 Å². The van der Waals surface area contributed by atoms with Crippen molar-refractivity contribution in [1.29, 1.82) is 0 Å². The van der Waals surface area contributed by atoms with Crippen molar-refractivity contribution in [3.05, 3.63) is 65.4 Å². The summed E-state index contributed by atoms with van der Waals surface area (Å²) in [7, 11) is 1.91. The molecule has 6 heteroatoms. The normalized spacial score (nSPS) is 20.1. The average molecular weight is 528 g/mol. The fourth-order valence-electron chi connectivity index (χ4n) is 7.20. The second kappa shape index (κ2) is 11.1. The number of aryl methyl sites for hydroxylation is 2. The number of rotatable bonds is 2. The van der Waals surface area contributed by atoms with E-state index in [1.54, 1.807) is 0 Å². The first kappa shape index (κ1) is 26.0. The third-order valence-electron chi connectivity index (χ3n) is 9.46. The monoisotopic (exact) mass is 527 g/mol. The van der Waals surface area contributed by atoms with Gasteiger partial charge in [-0.3, -0.25) is 9.59 Å². The van der Waals surface area contributed by atoms with Gasteiger partial charge in [-0.15, -0.1) is 0 Å². The Morgan fingerprint density at radius 2 is 1.67 bits per heavy atom. The number of fused-ring (bicyclic) bond motifs is 4. The molecule has 2 amide bonds. The Morgan fingerprint density at radius 1 is 0.872 bits per heavy atom. The van der Waals surface area contributed by atoms with E-state index in [0.29, 0.717) is 32.8 Å². The Hall–Kier alpha value is -3.28. The fourth-order valence-corrected chi connectivity index (χ4v) is 7.20. The number of benzene rings is 2. The number of ether oxygens (including phenoxy) is 1. The lowest BCUT2D eigenvalue weighted by Gasteiger charge is -2.42. The molecule has 0 radical (unpaired) electrons. The summed E-state index contributed by atoms with van der Waals surface area (Å²) < 4.78 is 8.37. The number of aromatic nitrogens is 1. The predicted octanol–water partition coefficient (Wildman–Crippen LogP) is 5.39. The Morgan fingerprint density at radius 3 is 2.54 bits per heavy atom. The largest absolute Gasteiger partial charge is 0.491 e. The van der Waals surface area contributed by atoms with Crippen LogP contribution >= 0.6 is 0 Å². The van der Waals surface area contributed by atoms with Crippen LogP contribution in [0.5, 0.6) is 5.75 Å². The van der Waals surface area contributed by atoms with Gasteiger partial charge in [0.05, 0.1) is 12.0 Å². The van der Waals surface area contributed by atoms with Gasteiger partial charge in [0, 0.05) is 36.7 Å². The molecule has 1 spiro atoms. The van der Waals surface area contributed by atoms with Crippen LogP contribution in [0.15, 0.2) is 48.5 Å². The lowest BCUT2D eigenvalue weighted by atomic mass is 9.73.